The minimum atomic E-state index is -0.395. The number of aromatic nitrogens is 2. The second kappa shape index (κ2) is 6.20. The molecular formula is C29H26N3+. The molecule has 156 valence electrons. The fourth-order valence-corrected chi connectivity index (χ4v) is 5.55. The minimum Gasteiger partial charge on any atom is -0.311 e. The van der Waals surface area contributed by atoms with Crippen LogP contribution in [0.2, 0.25) is 0 Å². The molecule has 0 aliphatic carbocycles. The smallest absolute Gasteiger partial charge is 0.238 e. The van der Waals surface area contributed by atoms with E-state index < -0.39 is 5.54 Å². The predicted octanol–water partition coefficient (Wildman–Crippen LogP) is 6.67. The molecule has 0 bridgehead atoms. The maximum atomic E-state index is 7.54. The van der Waals surface area contributed by atoms with Crippen molar-refractivity contribution in [3.05, 3.63) is 82.8 Å². The Morgan fingerprint density at radius 3 is 2.56 bits per heavy atom. The zero-order chi connectivity index (χ0) is 22.4. The van der Waals surface area contributed by atoms with Gasteiger partial charge >= 0.3 is 0 Å². The third-order valence-electron chi connectivity index (χ3n) is 7.19. The molecule has 0 N–H and O–H groups in total. The van der Waals surface area contributed by atoms with E-state index in [9.17, 15) is 0 Å². The number of hydrogen-bond donors (Lipinski definition) is 0. The normalized spacial score (nSPS) is 12.6. The number of benzene rings is 3. The Kier molecular flexibility index (Phi) is 3.70. The molecule has 3 aromatic carbocycles. The topological polar surface area (TPSA) is 12.7 Å². The van der Waals surface area contributed by atoms with Crippen LogP contribution in [0.5, 0.6) is 0 Å². The molecule has 3 aromatic heterocycles. The molecular weight excluding hydrogens is 390 g/mol. The zero-order valence-electron chi connectivity index (χ0n) is 19.2. The molecule has 0 spiro atoms. The summed E-state index contributed by atoms with van der Waals surface area (Å²) in [6.45, 7) is 16.0. The predicted molar refractivity (Wildman–Crippen MR) is 134 cm³/mol. The van der Waals surface area contributed by atoms with Gasteiger partial charge in [0.1, 0.15) is 12.6 Å². The van der Waals surface area contributed by atoms with Crippen molar-refractivity contribution in [3.8, 4) is 0 Å². The molecule has 0 radical (unpaired) electrons. The van der Waals surface area contributed by atoms with Crippen LogP contribution in [0, 0.1) is 20.4 Å². The first-order valence-corrected chi connectivity index (χ1v) is 11.2. The van der Waals surface area contributed by atoms with E-state index in [2.05, 4.69) is 89.4 Å². The summed E-state index contributed by atoms with van der Waals surface area (Å²) in [7, 11) is 2.15. The van der Waals surface area contributed by atoms with Crippen LogP contribution in [-0.2, 0) is 13.5 Å². The van der Waals surface area contributed by atoms with Gasteiger partial charge in [0.2, 0.25) is 11.1 Å². The van der Waals surface area contributed by atoms with Gasteiger partial charge in [0.25, 0.3) is 0 Å². The van der Waals surface area contributed by atoms with Gasteiger partial charge in [0.15, 0.2) is 6.20 Å². The number of hydrogen-bond acceptors (Lipinski definition) is 0. The van der Waals surface area contributed by atoms with Gasteiger partial charge in [-0.1, -0.05) is 24.3 Å². The zero-order valence-corrected chi connectivity index (χ0v) is 19.2. The number of nitrogens with zero attached hydrogens (tertiary/aromatic N) is 3. The molecule has 0 fully saturated rings. The Morgan fingerprint density at radius 1 is 0.969 bits per heavy atom. The quantitative estimate of drug-likeness (QED) is 0.129. The van der Waals surface area contributed by atoms with Gasteiger partial charge in [-0.3, -0.25) is 0 Å². The van der Waals surface area contributed by atoms with Crippen molar-refractivity contribution in [1.82, 2.24) is 4.40 Å². The molecule has 0 saturated heterocycles. The van der Waals surface area contributed by atoms with E-state index in [0.29, 0.717) is 0 Å². The fourth-order valence-electron chi connectivity index (χ4n) is 5.55. The van der Waals surface area contributed by atoms with Crippen molar-refractivity contribution in [2.75, 3.05) is 0 Å². The van der Waals surface area contributed by atoms with Crippen LogP contribution >= 0.6 is 0 Å². The van der Waals surface area contributed by atoms with Crippen LogP contribution in [0.25, 0.3) is 53.8 Å². The third-order valence-corrected chi connectivity index (χ3v) is 7.19. The third kappa shape index (κ3) is 2.38. The van der Waals surface area contributed by atoms with E-state index in [1.54, 1.807) is 0 Å². The molecule has 3 nitrogen and oxygen atoms in total. The number of aryl methyl sites for hydroxylation is 3. The molecule has 0 saturated carbocycles. The number of pyridine rings is 2. The highest BCUT2D eigenvalue weighted by Crippen LogP contribution is 2.41. The molecule has 3 heteroatoms. The summed E-state index contributed by atoms with van der Waals surface area (Å²) in [5.74, 6) is 0. The standard InChI is InChI=1S/C29H26N3/c1-17-14-20-8-7-9-24-26(20)25(18(17)2)28-27-21(12-13-31(28)6)22-15-19(16-29(3,4)30-5)10-11-23(22)32(24)27/h7-15H,16H2,1-4,6H3/q+1. The molecule has 3 heterocycles. The summed E-state index contributed by atoms with van der Waals surface area (Å²) in [4.78, 5) is 3.83. The van der Waals surface area contributed by atoms with Crippen LogP contribution in [-0.4, -0.2) is 9.94 Å². The summed E-state index contributed by atoms with van der Waals surface area (Å²) in [6, 6.07) is 18.0. The lowest BCUT2D eigenvalue weighted by Gasteiger charge is -2.14. The van der Waals surface area contributed by atoms with Gasteiger partial charge < -0.3 is 9.25 Å². The van der Waals surface area contributed by atoms with Crippen LogP contribution in [0.4, 0.5) is 0 Å². The molecule has 0 unspecified atom stereocenters. The van der Waals surface area contributed by atoms with Crippen molar-refractivity contribution in [3.63, 3.8) is 0 Å². The van der Waals surface area contributed by atoms with Crippen LogP contribution in [0.15, 0.2) is 54.7 Å². The van der Waals surface area contributed by atoms with Crippen molar-refractivity contribution in [2.24, 2.45) is 7.05 Å². The first kappa shape index (κ1) is 19.1. The Balaban J connectivity index is 1.88. The van der Waals surface area contributed by atoms with Gasteiger partial charge in [-0.2, -0.15) is 4.57 Å². The lowest BCUT2D eigenvalue weighted by Crippen LogP contribution is -2.29. The molecule has 0 aliphatic heterocycles. The van der Waals surface area contributed by atoms with E-state index in [-0.39, 0.29) is 0 Å². The molecule has 32 heavy (non-hydrogen) atoms. The molecule has 0 amide bonds. The number of rotatable bonds is 2. The van der Waals surface area contributed by atoms with Crippen molar-refractivity contribution < 1.29 is 4.57 Å². The SMILES string of the molecule is [C-]#[N+]C(C)(C)Cc1ccc2c(c1)c1cc[n+](C)c3c4c(C)c(C)cc5cccc(c54)n2c13. The summed E-state index contributed by atoms with van der Waals surface area (Å²) < 4.78 is 4.73. The van der Waals surface area contributed by atoms with Gasteiger partial charge in [-0.15, -0.1) is 0 Å². The van der Waals surface area contributed by atoms with Gasteiger partial charge in [-0.25, -0.2) is 6.57 Å². The second-order valence-corrected chi connectivity index (χ2v) is 9.89. The first-order valence-electron chi connectivity index (χ1n) is 11.2. The first-order chi connectivity index (χ1) is 15.3. The van der Waals surface area contributed by atoms with E-state index in [4.69, 9.17) is 6.57 Å². The second-order valence-electron chi connectivity index (χ2n) is 9.89. The lowest BCUT2D eigenvalue weighted by molar-refractivity contribution is -0.644. The maximum Gasteiger partial charge on any atom is 0.238 e. The van der Waals surface area contributed by atoms with Crippen molar-refractivity contribution in [2.45, 2.75) is 39.7 Å². The largest absolute Gasteiger partial charge is 0.311 e. The van der Waals surface area contributed by atoms with Crippen LogP contribution in [0.1, 0.15) is 30.5 Å². The molecule has 6 rings (SSSR count). The monoisotopic (exact) mass is 416 g/mol. The minimum absolute atomic E-state index is 0.395. The molecule has 0 atom stereocenters. The summed E-state index contributed by atoms with van der Waals surface area (Å²) in [6.07, 6.45) is 2.94. The highest BCUT2D eigenvalue weighted by molar-refractivity contribution is 6.25. The maximum absolute atomic E-state index is 7.54. The highest BCUT2D eigenvalue weighted by atomic mass is 15.0. The summed E-state index contributed by atoms with van der Waals surface area (Å²) in [5.41, 5.74) is 8.55. The Hall–Kier alpha value is -3.64. The average molecular weight is 417 g/mol. The van der Waals surface area contributed by atoms with E-state index in [1.165, 1.54) is 65.7 Å². The highest BCUT2D eigenvalue weighted by Gasteiger charge is 2.26. The number of fused-ring (bicyclic) bond motifs is 5. The molecule has 0 aliphatic rings. The van der Waals surface area contributed by atoms with Gasteiger partial charge in [0, 0.05) is 36.1 Å². The lowest BCUT2D eigenvalue weighted by atomic mass is 9.94. The van der Waals surface area contributed by atoms with Gasteiger partial charge in [0.05, 0.1) is 22.8 Å². The average Bonchev–Trinajstić information content (AvgIpc) is 3.09. The van der Waals surface area contributed by atoms with E-state index in [1.807, 2.05) is 13.8 Å². The van der Waals surface area contributed by atoms with E-state index in [0.717, 1.165) is 6.42 Å². The summed E-state index contributed by atoms with van der Waals surface area (Å²) in [5, 5.41) is 6.52. The van der Waals surface area contributed by atoms with Crippen molar-refractivity contribution in [1.29, 1.82) is 0 Å². The Morgan fingerprint density at radius 2 is 1.78 bits per heavy atom. The van der Waals surface area contributed by atoms with Gasteiger partial charge in [-0.05, 0) is 54.1 Å². The fraction of sp³-hybridized carbons (Fsp3) is 0.241. The van der Waals surface area contributed by atoms with E-state index >= 15 is 0 Å². The van der Waals surface area contributed by atoms with Crippen LogP contribution < -0.4 is 4.57 Å². The Bertz CT molecular complexity index is 1760. The van der Waals surface area contributed by atoms with Crippen molar-refractivity contribution >= 4 is 49.0 Å². The Labute approximate surface area is 187 Å². The molecule has 6 aromatic rings. The van der Waals surface area contributed by atoms with Crippen LogP contribution in [0.3, 0.4) is 0 Å². The summed E-state index contributed by atoms with van der Waals surface area (Å²) >= 11 is 0.